The van der Waals surface area contributed by atoms with Crippen molar-refractivity contribution in [3.8, 4) is 0 Å². The van der Waals surface area contributed by atoms with E-state index in [0.29, 0.717) is 11.3 Å². The van der Waals surface area contributed by atoms with Crippen molar-refractivity contribution in [2.24, 2.45) is 0 Å². The Kier molecular flexibility index (Phi) is 8.01. The number of para-hydroxylation sites is 2. The highest BCUT2D eigenvalue weighted by atomic mass is 16.6. The van der Waals surface area contributed by atoms with Gasteiger partial charge in [0.05, 0.1) is 10.5 Å². The molecular weight excluding hydrogens is 362 g/mol. The number of carboxylic acids is 1. The molecule has 3 rings (SSSR count). The monoisotopic (exact) mass is 381 g/mol. The van der Waals surface area contributed by atoms with E-state index in [1.807, 2.05) is 0 Å². The van der Waals surface area contributed by atoms with E-state index < -0.39 is 10.9 Å². The van der Waals surface area contributed by atoms with Gasteiger partial charge < -0.3 is 17.0 Å². The fraction of sp³-hybridized carbons (Fsp3) is 0. The number of carbonyl (C=O) groups is 2. The van der Waals surface area contributed by atoms with Gasteiger partial charge in [0.25, 0.3) is 5.69 Å². The zero-order valence-corrected chi connectivity index (χ0v) is 14.8. The number of nitrogens with two attached hydrogens (primary N) is 1. The fourth-order valence-electron chi connectivity index (χ4n) is 2.26. The first-order chi connectivity index (χ1) is 12.9. The first-order valence-corrected chi connectivity index (χ1v) is 7.82. The van der Waals surface area contributed by atoms with Crippen LogP contribution in [0.15, 0.2) is 78.9 Å². The molecule has 0 atom stereocenters. The predicted octanol–water partition coefficient (Wildman–Crippen LogP) is 3.95. The summed E-state index contributed by atoms with van der Waals surface area (Å²) < 4.78 is 0. The topological polar surface area (TPSA) is 159 Å². The van der Waals surface area contributed by atoms with Crippen LogP contribution in [0.25, 0.3) is 0 Å². The summed E-state index contributed by atoms with van der Waals surface area (Å²) in [5, 5.41) is 19.3. The molecule has 0 spiro atoms. The summed E-state index contributed by atoms with van der Waals surface area (Å²) in [5.74, 6) is -1.32. The Bertz CT molecular complexity index is 974. The molecule has 0 aromatic heterocycles. The molecule has 0 aliphatic rings. The second-order valence-electron chi connectivity index (χ2n) is 5.36. The second kappa shape index (κ2) is 10.2. The smallest absolute Gasteiger partial charge is 0.337 e. The Labute approximate surface area is 161 Å². The van der Waals surface area contributed by atoms with Gasteiger partial charge in [-0.15, -0.1) is 0 Å². The van der Waals surface area contributed by atoms with Crippen LogP contribution in [0, 0.1) is 10.1 Å². The number of nitro groups is 1. The van der Waals surface area contributed by atoms with Crippen LogP contribution in [0.3, 0.4) is 0 Å². The normalized spacial score (nSPS) is 9.29. The minimum absolute atomic E-state index is 0. The Morgan fingerprint density at radius 2 is 1.32 bits per heavy atom. The van der Waals surface area contributed by atoms with E-state index in [2.05, 4.69) is 0 Å². The van der Waals surface area contributed by atoms with Crippen molar-refractivity contribution < 1.29 is 19.6 Å². The second-order valence-corrected chi connectivity index (χ2v) is 5.36. The highest BCUT2D eigenvalue weighted by Crippen LogP contribution is 2.21. The maximum atomic E-state index is 12.1. The van der Waals surface area contributed by atoms with Crippen molar-refractivity contribution in [1.82, 2.24) is 6.15 Å². The lowest BCUT2D eigenvalue weighted by Gasteiger charge is -2.01. The van der Waals surface area contributed by atoms with E-state index in [9.17, 15) is 19.7 Å². The Balaban J connectivity index is 0.000000307. The van der Waals surface area contributed by atoms with Crippen LogP contribution in [-0.4, -0.2) is 21.8 Å². The third kappa shape index (κ3) is 5.48. The number of hydrogen-bond acceptors (Lipinski definition) is 6. The number of aromatic carboxylic acids is 1. The predicted molar refractivity (Wildman–Crippen MR) is 106 cm³/mol. The van der Waals surface area contributed by atoms with Crippen molar-refractivity contribution in [2.45, 2.75) is 0 Å². The molecule has 28 heavy (non-hydrogen) atoms. The molecule has 8 nitrogen and oxygen atoms in total. The highest BCUT2D eigenvalue weighted by Gasteiger charge is 2.19. The maximum absolute atomic E-state index is 12.1. The standard InChI is InChI=1S/C13H9NO3.C7H7NO2.H3N/c15-13(10-6-2-1-3-7-10)11-8-4-5-9-12(11)14(16)17;8-6-4-2-1-3-5(6)7(9)10;/h1-9H;1-4H,8H2,(H,9,10);1H3. The molecule has 0 saturated carbocycles. The molecule has 3 aromatic rings. The van der Waals surface area contributed by atoms with Gasteiger partial charge in [-0.25, -0.2) is 4.79 Å². The molecule has 0 saturated heterocycles. The molecule has 0 aliphatic heterocycles. The van der Waals surface area contributed by atoms with Crippen molar-refractivity contribution in [3.05, 3.63) is 106 Å². The summed E-state index contributed by atoms with van der Waals surface area (Å²) in [6.45, 7) is 0. The lowest BCUT2D eigenvalue weighted by molar-refractivity contribution is -0.385. The van der Waals surface area contributed by atoms with Gasteiger partial charge in [0.2, 0.25) is 0 Å². The van der Waals surface area contributed by atoms with Crippen LogP contribution in [0.4, 0.5) is 11.4 Å². The average Bonchev–Trinajstić information content (AvgIpc) is 2.68. The Hall–Kier alpha value is -4.04. The van der Waals surface area contributed by atoms with Crippen LogP contribution in [0.1, 0.15) is 26.3 Å². The number of carboxylic acid groups (broad SMARTS) is 1. The van der Waals surface area contributed by atoms with Gasteiger partial charge in [0.1, 0.15) is 5.56 Å². The maximum Gasteiger partial charge on any atom is 0.337 e. The number of carbonyl (C=O) groups excluding carboxylic acids is 1. The highest BCUT2D eigenvalue weighted by molar-refractivity contribution is 6.11. The number of nitro benzene ring substituents is 1. The largest absolute Gasteiger partial charge is 0.478 e. The van der Waals surface area contributed by atoms with Crippen LogP contribution in [-0.2, 0) is 0 Å². The zero-order valence-electron chi connectivity index (χ0n) is 14.8. The summed E-state index contributed by atoms with van der Waals surface area (Å²) in [4.78, 5) is 32.7. The summed E-state index contributed by atoms with van der Waals surface area (Å²) >= 11 is 0. The third-order valence-corrected chi connectivity index (χ3v) is 3.57. The minimum atomic E-state index is -0.988. The number of ketones is 1. The van der Waals surface area contributed by atoms with E-state index in [1.54, 1.807) is 60.7 Å². The molecule has 0 bridgehead atoms. The summed E-state index contributed by atoms with van der Waals surface area (Å²) in [6, 6.07) is 20.8. The van der Waals surface area contributed by atoms with Crippen LogP contribution in [0.2, 0.25) is 0 Å². The van der Waals surface area contributed by atoms with Crippen molar-refractivity contribution >= 4 is 23.1 Å². The first-order valence-electron chi connectivity index (χ1n) is 7.82. The van der Waals surface area contributed by atoms with Gasteiger partial charge in [-0.2, -0.15) is 0 Å². The summed E-state index contributed by atoms with van der Waals surface area (Å²) in [6.07, 6.45) is 0. The molecule has 3 aromatic carbocycles. The lowest BCUT2D eigenvalue weighted by Crippen LogP contribution is -2.04. The lowest BCUT2D eigenvalue weighted by atomic mass is 10.0. The number of benzene rings is 3. The number of nitrogens with zero attached hydrogens (tertiary/aromatic N) is 1. The average molecular weight is 381 g/mol. The van der Waals surface area contributed by atoms with Crippen LogP contribution >= 0.6 is 0 Å². The van der Waals surface area contributed by atoms with E-state index in [-0.39, 0.29) is 28.7 Å². The van der Waals surface area contributed by atoms with Crippen molar-refractivity contribution in [1.29, 1.82) is 0 Å². The zero-order chi connectivity index (χ0) is 19.8. The van der Waals surface area contributed by atoms with Gasteiger partial charge in [0.15, 0.2) is 5.78 Å². The van der Waals surface area contributed by atoms with Crippen LogP contribution in [0.5, 0.6) is 0 Å². The SMILES string of the molecule is N.Nc1ccccc1C(=O)O.O=C(c1ccccc1)c1ccccc1[N+](=O)[O-]. The van der Waals surface area contributed by atoms with Gasteiger partial charge in [-0.3, -0.25) is 14.9 Å². The molecule has 0 aliphatic carbocycles. The number of anilines is 1. The molecule has 0 unspecified atom stereocenters. The fourth-order valence-corrected chi connectivity index (χ4v) is 2.26. The van der Waals surface area contributed by atoms with Gasteiger partial charge in [0, 0.05) is 17.3 Å². The minimum Gasteiger partial charge on any atom is -0.478 e. The molecule has 0 amide bonds. The Morgan fingerprint density at radius 1 is 0.821 bits per heavy atom. The van der Waals surface area contributed by atoms with Gasteiger partial charge in [-0.05, 0) is 18.2 Å². The van der Waals surface area contributed by atoms with Crippen molar-refractivity contribution in [3.63, 3.8) is 0 Å². The molecular formula is C20H19N3O5. The molecule has 0 fully saturated rings. The molecule has 8 heteroatoms. The molecule has 144 valence electrons. The number of nitrogen functional groups attached to an aromatic ring is 1. The number of rotatable bonds is 4. The summed E-state index contributed by atoms with van der Waals surface area (Å²) in [7, 11) is 0. The first kappa shape index (κ1) is 22.0. The molecule has 6 N–H and O–H groups in total. The van der Waals surface area contributed by atoms with Gasteiger partial charge in [-0.1, -0.05) is 54.6 Å². The van der Waals surface area contributed by atoms with E-state index in [4.69, 9.17) is 10.8 Å². The van der Waals surface area contributed by atoms with E-state index in [0.717, 1.165) is 0 Å². The van der Waals surface area contributed by atoms with Crippen LogP contribution < -0.4 is 11.9 Å². The number of hydrogen-bond donors (Lipinski definition) is 3. The molecule has 0 radical (unpaired) electrons. The Morgan fingerprint density at radius 3 is 1.82 bits per heavy atom. The third-order valence-electron chi connectivity index (χ3n) is 3.57. The van der Waals surface area contributed by atoms with Gasteiger partial charge >= 0.3 is 5.97 Å². The van der Waals surface area contributed by atoms with E-state index >= 15 is 0 Å². The molecule has 0 heterocycles. The summed E-state index contributed by atoms with van der Waals surface area (Å²) in [5.41, 5.74) is 6.19. The van der Waals surface area contributed by atoms with Crippen molar-refractivity contribution in [2.75, 3.05) is 5.73 Å². The van der Waals surface area contributed by atoms with E-state index in [1.165, 1.54) is 18.2 Å². The quantitative estimate of drug-likeness (QED) is 0.267.